The molecule has 2 aromatic carbocycles. The number of carbonyl (C=O) groups excluding carboxylic acids is 1. The number of aliphatic hydroxyl groups excluding tert-OH is 1. The van der Waals surface area contributed by atoms with E-state index in [1.54, 1.807) is 36.4 Å². The van der Waals surface area contributed by atoms with Crippen LogP contribution in [0.2, 0.25) is 0 Å². The lowest BCUT2D eigenvalue weighted by atomic mass is 10.1. The van der Waals surface area contributed by atoms with Gasteiger partial charge in [0.15, 0.2) is 0 Å². The number of anilines is 2. The van der Waals surface area contributed by atoms with Gasteiger partial charge in [0.2, 0.25) is 0 Å². The molecule has 0 aliphatic carbocycles. The topological polar surface area (TPSA) is 120 Å². The third kappa shape index (κ3) is 6.99. The van der Waals surface area contributed by atoms with Crippen molar-refractivity contribution in [2.24, 2.45) is 0 Å². The van der Waals surface area contributed by atoms with Gasteiger partial charge in [-0.15, -0.1) is 12.4 Å². The molecule has 0 spiro atoms. The third-order valence-corrected chi connectivity index (χ3v) is 6.45. The normalized spacial score (nSPS) is 14.8. The Bertz CT molecular complexity index is 965. The average Bonchev–Trinajstić information content (AvgIpc) is 2.79. The van der Waals surface area contributed by atoms with Gasteiger partial charge in [-0.2, -0.15) is 0 Å². The van der Waals surface area contributed by atoms with Gasteiger partial charge < -0.3 is 25.4 Å². The fourth-order valence-electron chi connectivity index (χ4n) is 3.13. The zero-order valence-corrected chi connectivity index (χ0v) is 19.4. The minimum Gasteiger partial charge on any atom is -0.491 e. The zero-order chi connectivity index (χ0) is 22.3. The number of nitrogens with zero attached hydrogens (tertiary/aromatic N) is 1. The molecule has 4 N–H and O–H groups in total. The summed E-state index contributed by atoms with van der Waals surface area (Å²) in [6.45, 7) is 5.11. The number of hydrogen-bond donors (Lipinski definition) is 4. The molecule has 0 radical (unpaired) electrons. The van der Waals surface area contributed by atoms with Crippen LogP contribution >= 0.6 is 12.4 Å². The number of carbonyl (C=O) groups is 1. The standard InChI is InChI=1S/C21H28N4O5S.ClH/c1-16(31(28,29)24-18-4-8-20(9-5-18)30-15-14-26)23-21(27)17-2-6-19(7-3-17)25-12-10-22-11-13-25;/h2-9,16,22,24,26H,10-15H2,1H3,(H,23,27);1H. The Balaban J connectivity index is 0.00000363. The lowest BCUT2D eigenvalue weighted by molar-refractivity contribution is 0.0950. The molecule has 1 unspecified atom stereocenters. The number of piperazine rings is 1. The summed E-state index contributed by atoms with van der Waals surface area (Å²) in [6, 6.07) is 13.4. The van der Waals surface area contributed by atoms with Crippen LogP contribution in [0.25, 0.3) is 0 Å². The molecule has 9 nitrogen and oxygen atoms in total. The number of ether oxygens (including phenoxy) is 1. The number of aliphatic hydroxyl groups is 1. The molecule has 1 heterocycles. The summed E-state index contributed by atoms with van der Waals surface area (Å²) >= 11 is 0. The summed E-state index contributed by atoms with van der Waals surface area (Å²) < 4.78 is 32.9. The van der Waals surface area contributed by atoms with E-state index in [-0.39, 0.29) is 25.6 Å². The quantitative estimate of drug-likeness (QED) is 0.424. The van der Waals surface area contributed by atoms with E-state index in [1.165, 1.54) is 6.92 Å². The van der Waals surface area contributed by atoms with Gasteiger partial charge >= 0.3 is 0 Å². The maximum Gasteiger partial charge on any atom is 0.253 e. The van der Waals surface area contributed by atoms with Gasteiger partial charge in [0, 0.05) is 43.1 Å². The largest absolute Gasteiger partial charge is 0.491 e. The second-order valence-electron chi connectivity index (χ2n) is 7.14. The van der Waals surface area contributed by atoms with Crippen molar-refractivity contribution in [3.8, 4) is 5.75 Å². The fourth-order valence-corrected chi connectivity index (χ4v) is 4.03. The van der Waals surface area contributed by atoms with E-state index >= 15 is 0 Å². The van der Waals surface area contributed by atoms with Crippen LogP contribution in [0, 0.1) is 0 Å². The molecule has 32 heavy (non-hydrogen) atoms. The highest BCUT2D eigenvalue weighted by molar-refractivity contribution is 7.93. The number of hydrogen-bond acceptors (Lipinski definition) is 7. The van der Waals surface area contributed by atoms with Crippen molar-refractivity contribution >= 4 is 39.7 Å². The van der Waals surface area contributed by atoms with E-state index in [0.29, 0.717) is 17.0 Å². The van der Waals surface area contributed by atoms with E-state index in [9.17, 15) is 13.2 Å². The molecule has 2 aromatic rings. The Morgan fingerprint density at radius 1 is 1.12 bits per heavy atom. The molecule has 0 aromatic heterocycles. The molecule has 1 amide bonds. The molecule has 0 saturated carbocycles. The summed E-state index contributed by atoms with van der Waals surface area (Å²) in [5.41, 5.74) is 1.77. The van der Waals surface area contributed by atoms with Crippen molar-refractivity contribution < 1.29 is 23.1 Å². The van der Waals surface area contributed by atoms with E-state index in [4.69, 9.17) is 9.84 Å². The molecule has 11 heteroatoms. The van der Waals surface area contributed by atoms with Gasteiger partial charge in [0.05, 0.1) is 6.61 Å². The second kappa shape index (κ2) is 11.9. The van der Waals surface area contributed by atoms with Crippen LogP contribution in [-0.4, -0.2) is 64.2 Å². The van der Waals surface area contributed by atoms with E-state index in [1.807, 2.05) is 12.1 Å². The van der Waals surface area contributed by atoms with Crippen LogP contribution in [0.5, 0.6) is 5.75 Å². The van der Waals surface area contributed by atoms with Crippen molar-refractivity contribution in [2.45, 2.75) is 12.3 Å². The molecule has 1 aliphatic rings. The highest BCUT2D eigenvalue weighted by Gasteiger charge is 2.23. The first-order chi connectivity index (χ1) is 14.9. The predicted molar refractivity (Wildman–Crippen MR) is 127 cm³/mol. The number of rotatable bonds is 9. The molecule has 1 atom stereocenters. The van der Waals surface area contributed by atoms with E-state index < -0.39 is 21.3 Å². The van der Waals surface area contributed by atoms with Gasteiger partial charge in [-0.05, 0) is 55.5 Å². The molecule has 176 valence electrons. The minimum absolute atomic E-state index is 0. The molecule has 1 fully saturated rings. The SMILES string of the molecule is CC(NC(=O)c1ccc(N2CCNCC2)cc1)S(=O)(=O)Nc1ccc(OCCO)cc1.Cl. The van der Waals surface area contributed by atoms with Gasteiger partial charge in [-0.3, -0.25) is 9.52 Å². The summed E-state index contributed by atoms with van der Waals surface area (Å²) in [4.78, 5) is 14.8. The first-order valence-electron chi connectivity index (χ1n) is 10.1. The van der Waals surface area contributed by atoms with Gasteiger partial charge in [-0.25, -0.2) is 8.42 Å². The smallest absolute Gasteiger partial charge is 0.253 e. The maximum absolute atomic E-state index is 12.6. The number of benzene rings is 2. The van der Waals surface area contributed by atoms with Crippen molar-refractivity contribution in [3.63, 3.8) is 0 Å². The minimum atomic E-state index is -3.85. The predicted octanol–water partition coefficient (Wildman–Crippen LogP) is 1.41. The fraction of sp³-hybridized carbons (Fsp3) is 0.381. The van der Waals surface area contributed by atoms with E-state index in [2.05, 4.69) is 20.3 Å². The number of nitrogens with one attached hydrogen (secondary N) is 3. The van der Waals surface area contributed by atoms with Crippen molar-refractivity contribution in [3.05, 3.63) is 54.1 Å². The van der Waals surface area contributed by atoms with Gasteiger partial charge in [0.25, 0.3) is 15.9 Å². The molecular formula is C21H29ClN4O5S. The summed E-state index contributed by atoms with van der Waals surface area (Å²) in [5.74, 6) is 0.0556. The lowest BCUT2D eigenvalue weighted by Gasteiger charge is -2.29. The Hall–Kier alpha value is -2.53. The second-order valence-corrected chi connectivity index (χ2v) is 9.14. The monoisotopic (exact) mass is 484 g/mol. The Kier molecular flexibility index (Phi) is 9.58. The highest BCUT2D eigenvalue weighted by atomic mass is 35.5. The summed E-state index contributed by atoms with van der Waals surface area (Å²) in [5, 5.41) is 13.5. The summed E-state index contributed by atoms with van der Waals surface area (Å²) in [6.07, 6.45) is 0. The van der Waals surface area contributed by atoms with Gasteiger partial charge in [0.1, 0.15) is 17.7 Å². The molecular weight excluding hydrogens is 456 g/mol. The Morgan fingerprint density at radius 2 is 1.75 bits per heavy atom. The van der Waals surface area contributed by atoms with Crippen LogP contribution < -0.4 is 25.0 Å². The van der Waals surface area contributed by atoms with Crippen LogP contribution in [0.4, 0.5) is 11.4 Å². The average molecular weight is 485 g/mol. The first-order valence-corrected chi connectivity index (χ1v) is 11.7. The summed E-state index contributed by atoms with van der Waals surface area (Å²) in [7, 11) is -3.85. The first kappa shape index (κ1) is 25.7. The van der Waals surface area contributed by atoms with Crippen LogP contribution in [0.15, 0.2) is 48.5 Å². The third-order valence-electron chi connectivity index (χ3n) is 4.89. The highest BCUT2D eigenvalue weighted by Crippen LogP contribution is 2.18. The van der Waals surface area contributed by atoms with Gasteiger partial charge in [-0.1, -0.05) is 0 Å². The Labute approximate surface area is 194 Å². The lowest BCUT2D eigenvalue weighted by Crippen LogP contribution is -2.43. The van der Waals surface area contributed by atoms with E-state index in [0.717, 1.165) is 31.9 Å². The molecule has 3 rings (SSSR count). The molecule has 1 saturated heterocycles. The Morgan fingerprint density at radius 3 is 2.34 bits per heavy atom. The van der Waals surface area contributed by atoms with Crippen LogP contribution in [0.3, 0.4) is 0 Å². The van der Waals surface area contributed by atoms with Crippen molar-refractivity contribution in [1.82, 2.24) is 10.6 Å². The van der Waals surface area contributed by atoms with Crippen molar-refractivity contribution in [1.29, 1.82) is 0 Å². The number of sulfonamides is 1. The molecule has 1 aliphatic heterocycles. The number of amides is 1. The molecule has 0 bridgehead atoms. The van der Waals surface area contributed by atoms with Crippen LogP contribution in [-0.2, 0) is 10.0 Å². The van der Waals surface area contributed by atoms with Crippen LogP contribution in [0.1, 0.15) is 17.3 Å². The zero-order valence-electron chi connectivity index (χ0n) is 17.8. The van der Waals surface area contributed by atoms with Crippen molar-refractivity contribution in [2.75, 3.05) is 49.0 Å². The number of halogens is 1. The maximum atomic E-state index is 12.6.